The lowest BCUT2D eigenvalue weighted by atomic mass is 9.92. The Morgan fingerprint density at radius 3 is 0.667 bits per heavy atom. The molecule has 0 amide bonds. The highest BCUT2D eigenvalue weighted by Gasteiger charge is 2.22. The summed E-state index contributed by atoms with van der Waals surface area (Å²) in [4.78, 5) is 33.4. The maximum absolute atomic E-state index is 14.4. The van der Waals surface area contributed by atoms with E-state index in [-0.39, 0.29) is 33.4 Å². The zero-order valence-corrected chi connectivity index (χ0v) is 19.0. The van der Waals surface area contributed by atoms with Gasteiger partial charge in [-0.05, 0) is 88.0 Å². The van der Waals surface area contributed by atoms with Crippen molar-refractivity contribution in [3.63, 3.8) is 0 Å². The smallest absolute Gasteiger partial charge is 0.341 e. The van der Waals surface area contributed by atoms with E-state index in [9.17, 15) is 40.7 Å². The van der Waals surface area contributed by atoms with Crippen LogP contribution in [-0.2, 0) is 0 Å². The highest BCUT2D eigenvalue weighted by Crippen LogP contribution is 2.36. The highest BCUT2D eigenvalue weighted by atomic mass is 19.2. The van der Waals surface area contributed by atoms with Crippen molar-refractivity contribution >= 4 is 17.9 Å². The van der Waals surface area contributed by atoms with Gasteiger partial charge in [0.25, 0.3) is 0 Å². The molecule has 0 unspecified atom stereocenters. The lowest BCUT2D eigenvalue weighted by Gasteiger charge is -2.14. The van der Waals surface area contributed by atoms with E-state index in [1.165, 1.54) is 0 Å². The third-order valence-corrected chi connectivity index (χ3v) is 5.70. The van der Waals surface area contributed by atoms with Crippen LogP contribution in [0, 0.1) is 34.9 Å². The molecule has 39 heavy (non-hydrogen) atoms. The van der Waals surface area contributed by atoms with Gasteiger partial charge in [-0.3, -0.25) is 0 Å². The minimum atomic E-state index is -1.89. The number of aromatic carboxylic acids is 3. The molecule has 12 heteroatoms. The molecule has 0 heterocycles. The van der Waals surface area contributed by atoms with Crippen molar-refractivity contribution in [3.05, 3.63) is 106 Å². The van der Waals surface area contributed by atoms with Gasteiger partial charge in [0.2, 0.25) is 0 Å². The van der Waals surface area contributed by atoms with Crippen LogP contribution in [0.25, 0.3) is 33.4 Å². The van der Waals surface area contributed by atoms with Crippen molar-refractivity contribution in [2.24, 2.45) is 0 Å². The summed E-state index contributed by atoms with van der Waals surface area (Å²) in [5.41, 5.74) is -4.90. The van der Waals surface area contributed by atoms with Crippen molar-refractivity contribution < 1.29 is 56.0 Å². The topological polar surface area (TPSA) is 112 Å². The lowest BCUT2D eigenvalue weighted by molar-refractivity contribution is 0.0675. The summed E-state index contributed by atoms with van der Waals surface area (Å²) >= 11 is 0. The number of carbonyl (C=O) groups is 3. The molecule has 4 aromatic rings. The molecule has 0 aliphatic carbocycles. The number of carboxylic acid groups (broad SMARTS) is 3. The van der Waals surface area contributed by atoms with E-state index in [2.05, 4.69) is 0 Å². The SMILES string of the molecule is O=C(O)c1c(F)cc(-c2cc(-c3cc(F)c(C(=O)O)c(F)c3)cc(-c3cc(F)c(C(=O)O)c(F)c3)c2)cc1F. The largest absolute Gasteiger partial charge is 0.477 e. The average molecular weight is 546 g/mol. The van der Waals surface area contributed by atoms with Crippen LogP contribution in [0.4, 0.5) is 26.3 Å². The Kier molecular flexibility index (Phi) is 6.88. The van der Waals surface area contributed by atoms with Crippen LogP contribution in [0.3, 0.4) is 0 Å². The summed E-state index contributed by atoms with van der Waals surface area (Å²) in [5.74, 6) is -14.4. The number of hydrogen-bond donors (Lipinski definition) is 3. The monoisotopic (exact) mass is 546 g/mol. The van der Waals surface area contributed by atoms with E-state index in [1.54, 1.807) is 0 Å². The highest BCUT2D eigenvalue weighted by molar-refractivity contribution is 5.92. The van der Waals surface area contributed by atoms with Crippen molar-refractivity contribution in [2.75, 3.05) is 0 Å². The first kappa shape index (κ1) is 26.9. The standard InChI is InChI=1S/C27H12F6O6/c28-16-4-13(5-17(29)22(16)25(34)35)10-1-11(14-6-18(30)23(26(36)37)19(31)7-14)3-12(2-10)15-8-20(32)24(27(38)39)21(33)9-15/h1-9H,(H,34,35)(H,36,37)(H,38,39). The Bertz CT molecular complexity index is 1440. The molecule has 0 aromatic heterocycles. The molecule has 6 nitrogen and oxygen atoms in total. The summed E-state index contributed by atoms with van der Waals surface area (Å²) in [7, 11) is 0. The van der Waals surface area contributed by atoms with Crippen molar-refractivity contribution in [1.29, 1.82) is 0 Å². The summed E-state index contributed by atoms with van der Waals surface area (Å²) in [5, 5.41) is 27.0. The van der Waals surface area contributed by atoms with Gasteiger partial charge in [0.15, 0.2) is 0 Å². The van der Waals surface area contributed by atoms with Gasteiger partial charge in [-0.2, -0.15) is 0 Å². The lowest BCUT2D eigenvalue weighted by Crippen LogP contribution is -2.06. The number of rotatable bonds is 6. The van der Waals surface area contributed by atoms with Crippen molar-refractivity contribution in [1.82, 2.24) is 0 Å². The van der Waals surface area contributed by atoms with Crippen LogP contribution >= 0.6 is 0 Å². The third kappa shape index (κ3) is 5.04. The number of carboxylic acids is 3. The Morgan fingerprint density at radius 1 is 0.359 bits per heavy atom. The maximum atomic E-state index is 14.4. The predicted molar refractivity (Wildman–Crippen MR) is 123 cm³/mol. The first-order valence-corrected chi connectivity index (χ1v) is 10.6. The van der Waals surface area contributed by atoms with Gasteiger partial charge in [0.1, 0.15) is 51.6 Å². The van der Waals surface area contributed by atoms with E-state index in [4.69, 9.17) is 15.3 Å². The fourth-order valence-electron chi connectivity index (χ4n) is 3.96. The molecule has 198 valence electrons. The fraction of sp³-hybridized carbons (Fsp3) is 0. The van der Waals surface area contributed by atoms with E-state index < -0.39 is 69.5 Å². The first-order chi connectivity index (χ1) is 18.3. The molecule has 3 N–H and O–H groups in total. The second kappa shape index (κ2) is 9.97. The summed E-state index contributed by atoms with van der Waals surface area (Å²) < 4.78 is 86.5. The molecule has 0 bridgehead atoms. The molecular formula is C27H12F6O6. The van der Waals surface area contributed by atoms with E-state index in [0.717, 1.165) is 18.2 Å². The normalized spacial score (nSPS) is 10.9. The van der Waals surface area contributed by atoms with Gasteiger partial charge in [-0.25, -0.2) is 40.7 Å². The first-order valence-electron chi connectivity index (χ1n) is 10.6. The second-order valence-electron chi connectivity index (χ2n) is 8.16. The van der Waals surface area contributed by atoms with Crippen LogP contribution in [0.1, 0.15) is 31.1 Å². The van der Waals surface area contributed by atoms with Crippen LogP contribution in [0.15, 0.2) is 54.6 Å². The van der Waals surface area contributed by atoms with Crippen molar-refractivity contribution in [3.8, 4) is 33.4 Å². The second-order valence-corrected chi connectivity index (χ2v) is 8.16. The Morgan fingerprint density at radius 2 is 0.513 bits per heavy atom. The molecule has 0 aliphatic heterocycles. The maximum Gasteiger partial charge on any atom is 0.341 e. The van der Waals surface area contributed by atoms with Gasteiger partial charge >= 0.3 is 17.9 Å². The Balaban J connectivity index is 2.01. The number of benzene rings is 4. The molecule has 0 saturated heterocycles. The third-order valence-electron chi connectivity index (χ3n) is 5.70. The summed E-state index contributed by atoms with van der Waals surface area (Å²) in [6.07, 6.45) is 0. The molecule has 4 rings (SSSR count). The van der Waals surface area contributed by atoms with E-state index in [0.29, 0.717) is 36.4 Å². The Hall–Kier alpha value is -5.13. The average Bonchev–Trinajstić information content (AvgIpc) is 2.81. The summed E-state index contributed by atoms with van der Waals surface area (Å²) in [6, 6.07) is 7.38. The predicted octanol–water partition coefficient (Wildman–Crippen LogP) is 6.62. The zero-order chi connectivity index (χ0) is 28.8. The van der Waals surface area contributed by atoms with Gasteiger partial charge in [0, 0.05) is 0 Å². The zero-order valence-electron chi connectivity index (χ0n) is 19.0. The van der Waals surface area contributed by atoms with Crippen LogP contribution in [0.2, 0.25) is 0 Å². The molecule has 0 spiro atoms. The molecule has 0 fully saturated rings. The Labute approximate surface area is 214 Å². The summed E-state index contributed by atoms with van der Waals surface area (Å²) in [6.45, 7) is 0. The molecular weight excluding hydrogens is 534 g/mol. The van der Waals surface area contributed by atoms with Gasteiger partial charge in [-0.15, -0.1) is 0 Å². The minimum Gasteiger partial charge on any atom is -0.477 e. The molecule has 0 atom stereocenters. The molecule has 0 radical (unpaired) electrons. The fourth-order valence-corrected chi connectivity index (χ4v) is 3.96. The van der Waals surface area contributed by atoms with E-state index >= 15 is 0 Å². The van der Waals surface area contributed by atoms with Crippen molar-refractivity contribution in [2.45, 2.75) is 0 Å². The van der Waals surface area contributed by atoms with Crippen LogP contribution in [0.5, 0.6) is 0 Å². The van der Waals surface area contributed by atoms with Gasteiger partial charge < -0.3 is 15.3 Å². The number of halogens is 6. The quantitative estimate of drug-likeness (QED) is 0.235. The van der Waals surface area contributed by atoms with Crippen LogP contribution in [-0.4, -0.2) is 33.2 Å². The molecule has 0 aliphatic rings. The number of hydrogen-bond acceptors (Lipinski definition) is 3. The molecule has 0 saturated carbocycles. The minimum absolute atomic E-state index is 0.108. The molecule has 4 aromatic carbocycles. The van der Waals surface area contributed by atoms with Gasteiger partial charge in [-0.1, -0.05) is 0 Å². The van der Waals surface area contributed by atoms with E-state index in [1.807, 2.05) is 0 Å². The van der Waals surface area contributed by atoms with Gasteiger partial charge in [0.05, 0.1) is 0 Å². The van der Waals surface area contributed by atoms with Crippen LogP contribution < -0.4 is 0 Å².